The predicted molar refractivity (Wildman–Crippen MR) is 157 cm³/mol. The first-order valence-electron chi connectivity index (χ1n) is 14.9. The molecule has 1 aliphatic rings. The van der Waals surface area contributed by atoms with Crippen LogP contribution < -0.4 is 10.1 Å². The predicted octanol–water partition coefficient (Wildman–Crippen LogP) is 7.68. The van der Waals surface area contributed by atoms with Crippen molar-refractivity contribution in [1.82, 2.24) is 10.2 Å². The molecule has 1 atom stereocenters. The van der Waals surface area contributed by atoms with Crippen LogP contribution in [0.5, 0.6) is 5.75 Å². The number of unbranched alkanes of at least 4 members (excludes halogenated alkanes) is 1. The van der Waals surface area contributed by atoms with Gasteiger partial charge in [-0.15, -0.1) is 0 Å². The van der Waals surface area contributed by atoms with Crippen LogP contribution in [0.3, 0.4) is 0 Å². The van der Waals surface area contributed by atoms with Gasteiger partial charge in [-0.2, -0.15) is 26.3 Å². The van der Waals surface area contributed by atoms with Gasteiger partial charge >= 0.3 is 18.4 Å². The van der Waals surface area contributed by atoms with Gasteiger partial charge in [0.05, 0.1) is 6.61 Å². The first-order chi connectivity index (χ1) is 21.1. The summed E-state index contributed by atoms with van der Waals surface area (Å²) in [6.45, 7) is 5.22. The summed E-state index contributed by atoms with van der Waals surface area (Å²) < 4.78 is 87.8. The van der Waals surface area contributed by atoms with Gasteiger partial charge in [-0.05, 0) is 78.3 Å². The van der Waals surface area contributed by atoms with Crippen molar-refractivity contribution < 1.29 is 45.8 Å². The van der Waals surface area contributed by atoms with Crippen LogP contribution in [0.15, 0.2) is 54.6 Å². The number of hydrogen-bond donors (Lipinski definition) is 2. The molecule has 1 unspecified atom stereocenters. The Hall–Kier alpha value is -3.80. The van der Waals surface area contributed by atoms with Crippen LogP contribution in [0.25, 0.3) is 10.8 Å². The Morgan fingerprint density at radius 1 is 0.844 bits per heavy atom. The second-order valence-corrected chi connectivity index (χ2v) is 11.5. The summed E-state index contributed by atoms with van der Waals surface area (Å²) in [5.74, 6) is -0.218. The van der Waals surface area contributed by atoms with Crippen molar-refractivity contribution in [2.45, 2.75) is 82.8 Å². The maximum Gasteiger partial charge on any atom is 0.430 e. The van der Waals surface area contributed by atoms with Crippen LogP contribution in [0.1, 0.15) is 68.7 Å². The molecule has 3 aromatic rings. The van der Waals surface area contributed by atoms with E-state index in [1.54, 1.807) is 26.8 Å². The number of fused-ring (bicyclic) bond motifs is 1. The Morgan fingerprint density at radius 2 is 1.42 bits per heavy atom. The quantitative estimate of drug-likeness (QED) is 0.121. The number of carbonyl (C=O) groups is 2. The molecule has 2 N–H and O–H groups in total. The van der Waals surface area contributed by atoms with Crippen molar-refractivity contribution in [1.29, 1.82) is 0 Å². The summed E-state index contributed by atoms with van der Waals surface area (Å²) in [6.07, 6.45) is -10.2. The molecule has 0 radical (unpaired) electrons. The highest BCUT2D eigenvalue weighted by molar-refractivity contribution is 6.07. The number of rotatable bonds is 12. The third kappa shape index (κ3) is 6.47. The van der Waals surface area contributed by atoms with Gasteiger partial charge in [-0.1, -0.05) is 63.1 Å². The topological polar surface area (TPSA) is 78.9 Å². The maximum absolute atomic E-state index is 13.6. The monoisotopic (exact) mass is 638 g/mol. The minimum absolute atomic E-state index is 0.0428. The molecule has 0 bridgehead atoms. The number of benzene rings is 3. The summed E-state index contributed by atoms with van der Waals surface area (Å²) in [4.78, 5) is 27.3. The highest BCUT2D eigenvalue weighted by atomic mass is 19.4. The molecule has 12 heteroatoms. The minimum Gasteiger partial charge on any atom is -0.493 e. The van der Waals surface area contributed by atoms with Gasteiger partial charge in [-0.25, -0.2) is 4.79 Å². The number of urea groups is 1. The van der Waals surface area contributed by atoms with Crippen LogP contribution in [0.4, 0.5) is 31.1 Å². The zero-order valence-electron chi connectivity index (χ0n) is 25.2. The first-order valence-corrected chi connectivity index (χ1v) is 14.9. The number of aliphatic hydroxyl groups is 1. The molecule has 244 valence electrons. The van der Waals surface area contributed by atoms with Gasteiger partial charge in [0, 0.05) is 12.1 Å². The third-order valence-electron chi connectivity index (χ3n) is 8.14. The number of ether oxygens (including phenoxy) is 1. The van der Waals surface area contributed by atoms with E-state index in [0.29, 0.717) is 31.2 Å². The summed E-state index contributed by atoms with van der Waals surface area (Å²) in [5.41, 5.74) is -6.68. The molecule has 1 aliphatic heterocycles. The molecule has 3 aromatic carbocycles. The largest absolute Gasteiger partial charge is 0.493 e. The second kappa shape index (κ2) is 12.9. The molecule has 1 fully saturated rings. The summed E-state index contributed by atoms with van der Waals surface area (Å²) >= 11 is 0. The fourth-order valence-corrected chi connectivity index (χ4v) is 5.69. The van der Waals surface area contributed by atoms with E-state index in [-0.39, 0.29) is 42.9 Å². The highest BCUT2D eigenvalue weighted by Crippen LogP contribution is 2.51. The fraction of sp³-hybridized carbons (Fsp3) is 0.455. The lowest BCUT2D eigenvalue weighted by Gasteiger charge is -2.33. The van der Waals surface area contributed by atoms with E-state index < -0.39 is 41.0 Å². The molecule has 4 rings (SSSR count). The lowest BCUT2D eigenvalue weighted by molar-refractivity contribution is -0.376. The van der Waals surface area contributed by atoms with Crippen molar-refractivity contribution in [2.24, 2.45) is 0 Å². The van der Waals surface area contributed by atoms with Crippen molar-refractivity contribution >= 4 is 22.7 Å². The number of carbonyl (C=O) groups excluding carboxylic acids is 2. The first kappa shape index (κ1) is 34.1. The number of nitrogens with zero attached hydrogens (tertiary/aromatic N) is 1. The van der Waals surface area contributed by atoms with E-state index in [1.165, 1.54) is 0 Å². The van der Waals surface area contributed by atoms with Gasteiger partial charge in [0.1, 0.15) is 11.3 Å². The van der Waals surface area contributed by atoms with Crippen molar-refractivity contribution in [3.05, 3.63) is 76.9 Å². The number of aryl methyl sites for hydroxylation is 2. The van der Waals surface area contributed by atoms with Crippen LogP contribution in [-0.4, -0.2) is 47.4 Å². The molecular formula is C33H36F6N2O4. The van der Waals surface area contributed by atoms with Crippen LogP contribution in [0.2, 0.25) is 0 Å². The molecule has 45 heavy (non-hydrogen) atoms. The van der Waals surface area contributed by atoms with Crippen molar-refractivity contribution in [3.8, 4) is 5.75 Å². The lowest BCUT2D eigenvalue weighted by Crippen LogP contribution is -2.54. The SMILES string of the molecule is CCCc1cc(C(O)(C(F)(F)F)C(F)(F)F)cc(CCC)c1OCCCCN1C(=O)NC(C)(c2ccc3ccccc3c2)C1=O. The molecule has 6 nitrogen and oxygen atoms in total. The average Bonchev–Trinajstić information content (AvgIpc) is 3.19. The average molecular weight is 639 g/mol. The zero-order valence-corrected chi connectivity index (χ0v) is 25.2. The summed E-state index contributed by atoms with van der Waals surface area (Å²) in [7, 11) is 0. The Labute approximate surface area is 257 Å². The van der Waals surface area contributed by atoms with E-state index in [0.717, 1.165) is 27.8 Å². The van der Waals surface area contributed by atoms with Gasteiger partial charge in [0.15, 0.2) is 0 Å². The van der Waals surface area contributed by atoms with Gasteiger partial charge in [0.25, 0.3) is 11.5 Å². The van der Waals surface area contributed by atoms with Crippen LogP contribution >= 0.6 is 0 Å². The summed E-state index contributed by atoms with van der Waals surface area (Å²) in [5, 5.41) is 14.7. The Balaban J connectivity index is 1.47. The Kier molecular flexibility index (Phi) is 9.77. The second-order valence-electron chi connectivity index (χ2n) is 11.5. The molecule has 1 saturated heterocycles. The van der Waals surface area contributed by atoms with E-state index in [4.69, 9.17) is 4.74 Å². The van der Waals surface area contributed by atoms with Gasteiger partial charge < -0.3 is 15.2 Å². The number of halogens is 6. The van der Waals surface area contributed by atoms with E-state index in [1.807, 2.05) is 36.4 Å². The van der Waals surface area contributed by atoms with Crippen LogP contribution in [0, 0.1) is 0 Å². The number of alkyl halides is 6. The van der Waals surface area contributed by atoms with E-state index >= 15 is 0 Å². The maximum atomic E-state index is 13.6. The van der Waals surface area contributed by atoms with E-state index in [2.05, 4.69) is 5.32 Å². The standard InChI is InChI=1S/C33H36F6N2O4/c1-4-10-23-19-26(31(44,32(34,35)36)33(37,38)39)20-24(11-5-2)27(23)45-17-9-8-16-41-28(42)30(3,40-29(41)43)25-15-14-21-12-6-7-13-22(21)18-25/h6-7,12-15,18-20,44H,4-5,8-11,16-17H2,1-3H3,(H,40,43). The Morgan fingerprint density at radius 3 is 1.98 bits per heavy atom. The minimum atomic E-state index is -6.00. The van der Waals surface area contributed by atoms with Gasteiger partial charge in [0.2, 0.25) is 0 Å². The molecule has 0 aliphatic carbocycles. The lowest BCUT2D eigenvalue weighted by atomic mass is 9.87. The molecule has 1 heterocycles. The van der Waals surface area contributed by atoms with Crippen molar-refractivity contribution in [2.75, 3.05) is 13.2 Å². The molecule has 0 saturated carbocycles. The Bertz CT molecular complexity index is 1510. The van der Waals surface area contributed by atoms with E-state index in [9.17, 15) is 41.0 Å². The third-order valence-corrected chi connectivity index (χ3v) is 8.14. The summed E-state index contributed by atoms with van der Waals surface area (Å²) in [6, 6.07) is 14.1. The van der Waals surface area contributed by atoms with Crippen molar-refractivity contribution in [3.63, 3.8) is 0 Å². The van der Waals surface area contributed by atoms with Gasteiger partial charge in [-0.3, -0.25) is 9.69 Å². The van der Waals surface area contributed by atoms with Crippen LogP contribution in [-0.2, 0) is 28.8 Å². The highest BCUT2D eigenvalue weighted by Gasteiger charge is 2.71. The molecule has 0 spiro atoms. The fourth-order valence-electron chi connectivity index (χ4n) is 5.69. The molecule has 0 aromatic heterocycles. The number of nitrogens with one attached hydrogen (secondary N) is 1. The smallest absolute Gasteiger partial charge is 0.430 e. The number of amides is 3. The zero-order chi connectivity index (χ0) is 33.2. The molecular weight excluding hydrogens is 602 g/mol. The molecule has 3 amide bonds. The number of imide groups is 1. The normalized spacial score (nSPS) is 17.7. The number of hydrogen-bond acceptors (Lipinski definition) is 4.